The fourth-order valence-electron chi connectivity index (χ4n) is 1.34. The van der Waals surface area contributed by atoms with E-state index in [0.29, 0.717) is 17.9 Å². The lowest BCUT2D eigenvalue weighted by Crippen LogP contribution is -2.15. The molecule has 5 nitrogen and oxygen atoms in total. The van der Waals surface area contributed by atoms with E-state index in [1.165, 1.54) is 13.2 Å². The summed E-state index contributed by atoms with van der Waals surface area (Å²) in [5, 5.41) is 0. The van der Waals surface area contributed by atoms with Crippen LogP contribution in [0.2, 0.25) is 0 Å². The van der Waals surface area contributed by atoms with E-state index in [0.717, 1.165) is 12.8 Å². The molecule has 0 N–H and O–H groups in total. The summed E-state index contributed by atoms with van der Waals surface area (Å²) in [5.74, 6) is -0.441. The van der Waals surface area contributed by atoms with Crippen LogP contribution < -0.4 is 4.74 Å². The minimum atomic E-state index is -0.448. The lowest BCUT2D eigenvalue weighted by atomic mass is 10.2. The molecule has 0 aromatic heterocycles. The van der Waals surface area contributed by atoms with Crippen molar-refractivity contribution >= 4 is 11.9 Å². The fourth-order valence-corrected chi connectivity index (χ4v) is 1.34. The van der Waals surface area contributed by atoms with Crippen molar-refractivity contribution in [1.29, 1.82) is 0 Å². The van der Waals surface area contributed by atoms with Gasteiger partial charge in [-0.25, -0.2) is 9.59 Å². The Labute approximate surface area is 112 Å². The maximum absolute atomic E-state index is 11.3. The number of unbranched alkanes of at least 4 members (excludes halogenated alkanes) is 1. The predicted molar refractivity (Wildman–Crippen MR) is 69.1 cm³/mol. The summed E-state index contributed by atoms with van der Waals surface area (Å²) < 4.78 is 14.8. The first-order valence-electron chi connectivity index (χ1n) is 6.14. The first-order chi connectivity index (χ1) is 9.17. The van der Waals surface area contributed by atoms with E-state index in [4.69, 9.17) is 9.47 Å². The highest BCUT2D eigenvalue weighted by Gasteiger charge is 2.08. The van der Waals surface area contributed by atoms with Gasteiger partial charge in [-0.2, -0.15) is 0 Å². The molecule has 0 unspecified atom stereocenters. The third-order valence-electron chi connectivity index (χ3n) is 2.37. The second-order valence-electron chi connectivity index (χ2n) is 3.88. The summed E-state index contributed by atoms with van der Waals surface area (Å²) in [6.07, 6.45) is 1.80. The van der Waals surface area contributed by atoms with Crippen LogP contribution in [-0.2, 0) is 14.3 Å². The first-order valence-corrected chi connectivity index (χ1v) is 6.14. The van der Waals surface area contributed by atoms with E-state index in [9.17, 15) is 9.59 Å². The summed E-state index contributed by atoms with van der Waals surface area (Å²) in [6, 6.07) is 6.44. The average molecular weight is 266 g/mol. The van der Waals surface area contributed by atoms with Crippen molar-refractivity contribution in [1.82, 2.24) is 0 Å². The summed E-state index contributed by atoms with van der Waals surface area (Å²) in [4.78, 5) is 22.6. The van der Waals surface area contributed by atoms with Crippen molar-refractivity contribution < 1.29 is 23.8 Å². The van der Waals surface area contributed by atoms with Gasteiger partial charge in [0.2, 0.25) is 0 Å². The minimum Gasteiger partial charge on any atom is -0.482 e. The summed E-state index contributed by atoms with van der Waals surface area (Å²) in [5.41, 5.74) is 0.374. The van der Waals surface area contributed by atoms with Gasteiger partial charge in [-0.05, 0) is 24.6 Å². The third kappa shape index (κ3) is 5.42. The Morgan fingerprint density at radius 1 is 1.26 bits per heavy atom. The SMILES string of the molecule is CCCCOC(=O)COc1cccc(C(=O)OC)c1. The van der Waals surface area contributed by atoms with E-state index >= 15 is 0 Å². The maximum Gasteiger partial charge on any atom is 0.344 e. The van der Waals surface area contributed by atoms with Crippen LogP contribution in [0.15, 0.2) is 24.3 Å². The second kappa shape index (κ2) is 8.13. The molecule has 0 saturated heterocycles. The Hall–Kier alpha value is -2.04. The van der Waals surface area contributed by atoms with Gasteiger partial charge in [-0.3, -0.25) is 0 Å². The molecule has 1 aromatic carbocycles. The Kier molecular flexibility index (Phi) is 6.43. The van der Waals surface area contributed by atoms with Crippen molar-refractivity contribution in [3.05, 3.63) is 29.8 Å². The Morgan fingerprint density at radius 3 is 2.74 bits per heavy atom. The molecule has 0 aliphatic rings. The van der Waals surface area contributed by atoms with Crippen molar-refractivity contribution in [3.63, 3.8) is 0 Å². The number of carbonyl (C=O) groups excluding carboxylic acids is 2. The van der Waals surface area contributed by atoms with Crippen LogP contribution in [0.25, 0.3) is 0 Å². The lowest BCUT2D eigenvalue weighted by molar-refractivity contribution is -0.146. The normalized spacial score (nSPS) is 9.79. The number of ether oxygens (including phenoxy) is 3. The summed E-state index contributed by atoms with van der Waals surface area (Å²) in [6.45, 7) is 2.25. The van der Waals surface area contributed by atoms with E-state index in [-0.39, 0.29) is 6.61 Å². The van der Waals surface area contributed by atoms with Gasteiger partial charge in [-0.1, -0.05) is 19.4 Å². The van der Waals surface area contributed by atoms with Crippen molar-refractivity contribution in [2.75, 3.05) is 20.3 Å². The number of hydrogen-bond acceptors (Lipinski definition) is 5. The van der Waals surface area contributed by atoms with Crippen LogP contribution in [0.3, 0.4) is 0 Å². The monoisotopic (exact) mass is 266 g/mol. The van der Waals surface area contributed by atoms with E-state index in [1.807, 2.05) is 6.92 Å². The largest absolute Gasteiger partial charge is 0.482 e. The van der Waals surface area contributed by atoms with Gasteiger partial charge in [0.05, 0.1) is 19.3 Å². The van der Waals surface area contributed by atoms with Crippen molar-refractivity contribution in [2.45, 2.75) is 19.8 Å². The molecule has 0 aliphatic carbocycles. The highest BCUT2D eigenvalue weighted by atomic mass is 16.6. The Bertz CT molecular complexity index is 428. The molecule has 5 heteroatoms. The number of hydrogen-bond donors (Lipinski definition) is 0. The molecule has 0 spiro atoms. The zero-order chi connectivity index (χ0) is 14.1. The smallest absolute Gasteiger partial charge is 0.344 e. The zero-order valence-electron chi connectivity index (χ0n) is 11.2. The van der Waals surface area contributed by atoms with E-state index < -0.39 is 11.9 Å². The molecule has 1 aromatic rings. The molecule has 0 bridgehead atoms. The Morgan fingerprint density at radius 2 is 2.05 bits per heavy atom. The summed E-state index contributed by atoms with van der Waals surface area (Å²) >= 11 is 0. The topological polar surface area (TPSA) is 61.8 Å². The molecule has 0 heterocycles. The lowest BCUT2D eigenvalue weighted by Gasteiger charge is -2.07. The van der Waals surface area contributed by atoms with E-state index in [1.54, 1.807) is 18.2 Å². The van der Waals surface area contributed by atoms with Crippen LogP contribution in [0.1, 0.15) is 30.1 Å². The predicted octanol–water partition coefficient (Wildman–Crippen LogP) is 2.20. The van der Waals surface area contributed by atoms with Crippen LogP contribution in [-0.4, -0.2) is 32.3 Å². The molecule has 0 radical (unpaired) electrons. The maximum atomic E-state index is 11.3. The van der Waals surface area contributed by atoms with Gasteiger partial charge in [0.1, 0.15) is 5.75 Å². The third-order valence-corrected chi connectivity index (χ3v) is 2.37. The number of methoxy groups -OCH3 is 1. The highest BCUT2D eigenvalue weighted by Crippen LogP contribution is 2.14. The summed E-state index contributed by atoms with van der Waals surface area (Å²) in [7, 11) is 1.31. The van der Waals surface area contributed by atoms with Gasteiger partial charge >= 0.3 is 11.9 Å². The first kappa shape index (κ1) is 15.0. The Balaban J connectivity index is 2.44. The quantitative estimate of drug-likeness (QED) is 0.559. The van der Waals surface area contributed by atoms with Crippen LogP contribution in [0.5, 0.6) is 5.75 Å². The fraction of sp³-hybridized carbons (Fsp3) is 0.429. The van der Waals surface area contributed by atoms with Gasteiger partial charge in [0.15, 0.2) is 6.61 Å². The number of carbonyl (C=O) groups is 2. The molecule has 0 saturated carbocycles. The average Bonchev–Trinajstić information content (AvgIpc) is 2.45. The van der Waals surface area contributed by atoms with Gasteiger partial charge in [0, 0.05) is 0 Å². The van der Waals surface area contributed by atoms with E-state index in [2.05, 4.69) is 4.74 Å². The molecule has 0 atom stereocenters. The van der Waals surface area contributed by atoms with Gasteiger partial charge in [-0.15, -0.1) is 0 Å². The van der Waals surface area contributed by atoms with Gasteiger partial charge < -0.3 is 14.2 Å². The van der Waals surface area contributed by atoms with Crippen LogP contribution in [0.4, 0.5) is 0 Å². The van der Waals surface area contributed by atoms with Crippen LogP contribution >= 0.6 is 0 Å². The molecule has 104 valence electrons. The highest BCUT2D eigenvalue weighted by molar-refractivity contribution is 5.89. The molecule has 0 fully saturated rings. The second-order valence-corrected chi connectivity index (χ2v) is 3.88. The number of benzene rings is 1. The molecular formula is C14H18O5. The van der Waals surface area contributed by atoms with Crippen LogP contribution in [0, 0.1) is 0 Å². The minimum absolute atomic E-state index is 0.172. The van der Waals surface area contributed by atoms with Crippen molar-refractivity contribution in [3.8, 4) is 5.75 Å². The van der Waals surface area contributed by atoms with Gasteiger partial charge in [0.25, 0.3) is 0 Å². The number of rotatable bonds is 7. The van der Waals surface area contributed by atoms with Crippen molar-refractivity contribution in [2.24, 2.45) is 0 Å². The molecular weight excluding hydrogens is 248 g/mol. The molecule has 19 heavy (non-hydrogen) atoms. The number of esters is 2. The molecule has 0 amide bonds. The zero-order valence-corrected chi connectivity index (χ0v) is 11.2. The molecule has 1 rings (SSSR count). The standard InChI is InChI=1S/C14H18O5/c1-3-4-8-18-13(15)10-19-12-7-5-6-11(9-12)14(16)17-2/h5-7,9H,3-4,8,10H2,1-2H3. The molecule has 0 aliphatic heterocycles.